The molecule has 2 rings (SSSR count). The van der Waals surface area contributed by atoms with Crippen molar-refractivity contribution >= 4 is 15.7 Å². The maximum Gasteiger partial charge on any atom is 0.218 e. The number of carbonyl (C=O) groups is 1. The fourth-order valence-electron chi connectivity index (χ4n) is 2.64. The van der Waals surface area contributed by atoms with E-state index in [0.717, 1.165) is 32.7 Å². The van der Waals surface area contributed by atoms with Crippen LogP contribution in [-0.4, -0.2) is 68.4 Å². The van der Waals surface area contributed by atoms with Gasteiger partial charge >= 0.3 is 0 Å². The Morgan fingerprint density at radius 3 is 2.22 bits per heavy atom. The van der Waals surface area contributed by atoms with Gasteiger partial charge in [0.05, 0.1) is 11.5 Å². The van der Waals surface area contributed by atoms with Crippen LogP contribution in [0.2, 0.25) is 0 Å². The first-order chi connectivity index (χ1) is 10.9. The summed E-state index contributed by atoms with van der Waals surface area (Å²) < 4.78 is 23.7. The first-order valence-electron chi connectivity index (χ1n) is 7.92. The smallest absolute Gasteiger partial charge is 0.218 e. The van der Waals surface area contributed by atoms with Crippen molar-refractivity contribution in [2.45, 2.75) is 13.0 Å². The van der Waals surface area contributed by atoms with Crippen LogP contribution in [-0.2, 0) is 21.2 Å². The number of sulfone groups is 1. The van der Waals surface area contributed by atoms with Crippen molar-refractivity contribution in [2.75, 3.05) is 44.2 Å². The maximum absolute atomic E-state index is 11.8. The number of benzene rings is 1. The molecule has 0 aliphatic carbocycles. The molecule has 23 heavy (non-hydrogen) atoms. The van der Waals surface area contributed by atoms with Crippen LogP contribution >= 0.6 is 0 Å². The van der Waals surface area contributed by atoms with E-state index < -0.39 is 15.7 Å². The summed E-state index contributed by atoms with van der Waals surface area (Å²) in [5.74, 6) is -0.613. The number of amides is 1. The third-order valence-corrected chi connectivity index (χ3v) is 5.72. The minimum atomic E-state index is -3.19. The second-order valence-electron chi connectivity index (χ2n) is 5.97. The zero-order chi connectivity index (χ0) is 16.7. The van der Waals surface area contributed by atoms with Crippen LogP contribution in [0.25, 0.3) is 0 Å². The number of nitrogens with two attached hydrogens (primary N) is 1. The van der Waals surface area contributed by atoms with E-state index in [-0.39, 0.29) is 17.9 Å². The van der Waals surface area contributed by atoms with Gasteiger partial charge in [0.2, 0.25) is 5.91 Å². The molecule has 1 aromatic rings. The third-order valence-electron chi connectivity index (χ3n) is 4.09. The molecule has 6 nitrogen and oxygen atoms in total. The van der Waals surface area contributed by atoms with Gasteiger partial charge in [-0.3, -0.25) is 14.6 Å². The van der Waals surface area contributed by atoms with Crippen molar-refractivity contribution in [1.29, 1.82) is 0 Å². The van der Waals surface area contributed by atoms with Gasteiger partial charge in [0.15, 0.2) is 9.84 Å². The molecule has 1 aromatic carbocycles. The Kier molecular flexibility index (Phi) is 6.56. The molecule has 1 amide bonds. The number of carbonyl (C=O) groups excluding carboxylic acids is 1. The normalized spacial score (nSPS) is 17.2. The van der Waals surface area contributed by atoms with Crippen molar-refractivity contribution in [3.63, 3.8) is 0 Å². The SMILES string of the molecule is NC(=O)CCS(=O)(=O)CCN1CCN(Cc2ccccc2)CC1. The molecule has 1 heterocycles. The zero-order valence-corrected chi connectivity index (χ0v) is 14.2. The molecule has 2 N–H and O–H groups in total. The zero-order valence-electron chi connectivity index (χ0n) is 13.4. The summed E-state index contributed by atoms with van der Waals surface area (Å²) in [5, 5.41) is 0. The predicted molar refractivity (Wildman–Crippen MR) is 90.6 cm³/mol. The van der Waals surface area contributed by atoms with E-state index in [1.807, 2.05) is 18.2 Å². The summed E-state index contributed by atoms with van der Waals surface area (Å²) in [4.78, 5) is 15.2. The third kappa shape index (κ3) is 6.68. The molecule has 0 saturated carbocycles. The summed E-state index contributed by atoms with van der Waals surface area (Å²) in [6.07, 6.45) is -0.0901. The molecule has 7 heteroatoms. The van der Waals surface area contributed by atoms with E-state index >= 15 is 0 Å². The van der Waals surface area contributed by atoms with Crippen molar-refractivity contribution in [2.24, 2.45) is 5.73 Å². The second-order valence-corrected chi connectivity index (χ2v) is 8.28. The van der Waals surface area contributed by atoms with E-state index in [0.29, 0.717) is 6.54 Å². The van der Waals surface area contributed by atoms with Gasteiger partial charge in [-0.2, -0.15) is 0 Å². The number of hydrogen-bond acceptors (Lipinski definition) is 5. The monoisotopic (exact) mass is 339 g/mol. The highest BCUT2D eigenvalue weighted by Crippen LogP contribution is 2.08. The van der Waals surface area contributed by atoms with E-state index in [2.05, 4.69) is 21.9 Å². The number of piperazine rings is 1. The van der Waals surface area contributed by atoms with Crippen LogP contribution in [0.15, 0.2) is 30.3 Å². The highest BCUT2D eigenvalue weighted by atomic mass is 32.2. The molecular formula is C16H25N3O3S. The van der Waals surface area contributed by atoms with Crippen LogP contribution in [0.4, 0.5) is 0 Å². The van der Waals surface area contributed by atoms with Crippen LogP contribution in [0, 0.1) is 0 Å². The lowest BCUT2D eigenvalue weighted by molar-refractivity contribution is -0.117. The molecule has 0 spiro atoms. The Hall–Kier alpha value is -1.44. The molecule has 1 saturated heterocycles. The van der Waals surface area contributed by atoms with Crippen molar-refractivity contribution < 1.29 is 13.2 Å². The maximum atomic E-state index is 11.8. The lowest BCUT2D eigenvalue weighted by Crippen LogP contribution is -2.47. The van der Waals surface area contributed by atoms with Crippen LogP contribution < -0.4 is 5.73 Å². The molecule has 0 aromatic heterocycles. The summed E-state index contributed by atoms with van der Waals surface area (Å²) in [7, 11) is -3.19. The number of hydrogen-bond donors (Lipinski definition) is 1. The number of nitrogens with zero attached hydrogens (tertiary/aromatic N) is 2. The van der Waals surface area contributed by atoms with E-state index in [1.54, 1.807) is 0 Å². The minimum Gasteiger partial charge on any atom is -0.370 e. The molecule has 0 atom stereocenters. The summed E-state index contributed by atoms with van der Waals surface area (Å²) in [5.41, 5.74) is 6.30. The van der Waals surface area contributed by atoms with E-state index in [1.165, 1.54) is 5.56 Å². The van der Waals surface area contributed by atoms with Gasteiger partial charge in [0.25, 0.3) is 0 Å². The number of rotatable bonds is 8. The average molecular weight is 339 g/mol. The standard InChI is InChI=1S/C16H25N3O3S/c17-16(20)6-12-23(21,22)13-11-18-7-9-19(10-8-18)14-15-4-2-1-3-5-15/h1-5H,6-14H2,(H2,17,20). The van der Waals surface area contributed by atoms with Crippen molar-refractivity contribution in [3.05, 3.63) is 35.9 Å². The Labute approximate surface area is 138 Å². The second kappa shape index (κ2) is 8.42. The lowest BCUT2D eigenvalue weighted by Gasteiger charge is -2.34. The fraction of sp³-hybridized carbons (Fsp3) is 0.562. The first-order valence-corrected chi connectivity index (χ1v) is 9.74. The summed E-state index contributed by atoms with van der Waals surface area (Å²) in [6, 6.07) is 10.3. The van der Waals surface area contributed by atoms with Crippen LogP contribution in [0.3, 0.4) is 0 Å². The van der Waals surface area contributed by atoms with E-state index in [4.69, 9.17) is 5.73 Å². The Morgan fingerprint density at radius 1 is 1.00 bits per heavy atom. The van der Waals surface area contributed by atoms with Gasteiger partial charge in [-0.15, -0.1) is 0 Å². The van der Waals surface area contributed by atoms with Gasteiger partial charge in [0, 0.05) is 45.7 Å². The molecular weight excluding hydrogens is 314 g/mol. The summed E-state index contributed by atoms with van der Waals surface area (Å²) >= 11 is 0. The van der Waals surface area contributed by atoms with Gasteiger partial charge < -0.3 is 5.73 Å². The Bertz CT molecular complexity index is 596. The number of primary amides is 1. The van der Waals surface area contributed by atoms with Gasteiger partial charge in [0.1, 0.15) is 0 Å². The predicted octanol–water partition coefficient (Wildman–Crippen LogP) is 0.0944. The minimum absolute atomic E-state index is 0.0901. The van der Waals surface area contributed by atoms with Crippen LogP contribution in [0.1, 0.15) is 12.0 Å². The molecule has 1 aliphatic heterocycles. The van der Waals surface area contributed by atoms with Crippen LogP contribution in [0.5, 0.6) is 0 Å². The highest BCUT2D eigenvalue weighted by Gasteiger charge is 2.19. The van der Waals surface area contributed by atoms with Crippen molar-refractivity contribution in [3.8, 4) is 0 Å². The quantitative estimate of drug-likeness (QED) is 0.726. The average Bonchev–Trinajstić information content (AvgIpc) is 2.54. The summed E-state index contributed by atoms with van der Waals surface area (Å²) in [6.45, 7) is 5.09. The topological polar surface area (TPSA) is 83.7 Å². The Balaban J connectivity index is 1.69. The van der Waals surface area contributed by atoms with Gasteiger partial charge in [-0.25, -0.2) is 8.42 Å². The highest BCUT2D eigenvalue weighted by molar-refractivity contribution is 7.91. The van der Waals surface area contributed by atoms with Gasteiger partial charge in [-0.1, -0.05) is 30.3 Å². The first kappa shape index (κ1) is 17.9. The van der Waals surface area contributed by atoms with E-state index in [9.17, 15) is 13.2 Å². The molecule has 1 fully saturated rings. The molecule has 1 aliphatic rings. The molecule has 0 bridgehead atoms. The van der Waals surface area contributed by atoms with Crippen molar-refractivity contribution in [1.82, 2.24) is 9.80 Å². The lowest BCUT2D eigenvalue weighted by atomic mass is 10.2. The Morgan fingerprint density at radius 2 is 1.61 bits per heavy atom. The molecule has 128 valence electrons. The largest absolute Gasteiger partial charge is 0.370 e. The van der Waals surface area contributed by atoms with Gasteiger partial charge in [-0.05, 0) is 5.56 Å². The fourth-order valence-corrected chi connectivity index (χ4v) is 3.89. The molecule has 0 radical (unpaired) electrons. The molecule has 0 unspecified atom stereocenters.